The molecule has 0 saturated carbocycles. The topological polar surface area (TPSA) is 121 Å². The van der Waals surface area contributed by atoms with Gasteiger partial charge in [-0.15, -0.1) is 0 Å². The lowest BCUT2D eigenvalue weighted by atomic mass is 10.1. The second-order valence-electron chi connectivity index (χ2n) is 3.87. The molecule has 102 valence electrons. The normalized spacial score (nSPS) is 9.95. The maximum atomic E-state index is 10.7. The summed E-state index contributed by atoms with van der Waals surface area (Å²) in [4.78, 5) is 32.6. The summed E-state index contributed by atoms with van der Waals surface area (Å²) in [5.74, 6) is -2.37. The first kappa shape index (κ1) is 14.4. The first-order chi connectivity index (χ1) is 8.81. The summed E-state index contributed by atoms with van der Waals surface area (Å²) in [5, 5.41) is 28.1. The van der Waals surface area contributed by atoms with Gasteiger partial charge in [-0.25, -0.2) is 0 Å². The summed E-state index contributed by atoms with van der Waals surface area (Å²) in [6, 6.07) is 3.95. The average Bonchev–Trinajstić information content (AvgIpc) is 2.26. The van der Waals surface area contributed by atoms with Crippen LogP contribution in [0.4, 0.5) is 11.4 Å². The Balaban J connectivity index is 3.08. The molecule has 2 N–H and O–H groups in total. The number of carbonyl (C=O) groups is 2. The van der Waals surface area contributed by atoms with Crippen molar-refractivity contribution in [2.75, 3.05) is 18.0 Å². The summed E-state index contributed by atoms with van der Waals surface area (Å²) in [7, 11) is 0. The van der Waals surface area contributed by atoms with Gasteiger partial charge in [0, 0.05) is 17.3 Å². The molecule has 0 radical (unpaired) electrons. The number of benzene rings is 1. The van der Waals surface area contributed by atoms with Gasteiger partial charge in [-0.3, -0.25) is 19.7 Å². The van der Waals surface area contributed by atoms with Crippen LogP contribution in [-0.2, 0) is 9.59 Å². The fourth-order valence-electron chi connectivity index (χ4n) is 1.61. The summed E-state index contributed by atoms with van der Waals surface area (Å²) in [6.07, 6.45) is 0. The minimum Gasteiger partial charge on any atom is -0.480 e. The Morgan fingerprint density at radius 3 is 2.16 bits per heavy atom. The third-order valence-electron chi connectivity index (χ3n) is 2.39. The highest BCUT2D eigenvalue weighted by atomic mass is 16.6. The van der Waals surface area contributed by atoms with E-state index >= 15 is 0 Å². The van der Waals surface area contributed by atoms with Crippen LogP contribution in [0.25, 0.3) is 0 Å². The molecule has 0 spiro atoms. The van der Waals surface area contributed by atoms with Crippen LogP contribution in [-0.4, -0.2) is 40.2 Å². The third kappa shape index (κ3) is 3.95. The number of aryl methyl sites for hydroxylation is 1. The monoisotopic (exact) mass is 268 g/mol. The lowest BCUT2D eigenvalue weighted by molar-refractivity contribution is -0.385. The van der Waals surface area contributed by atoms with Crippen LogP contribution in [0.15, 0.2) is 18.2 Å². The third-order valence-corrected chi connectivity index (χ3v) is 2.39. The maximum Gasteiger partial charge on any atom is 0.323 e. The van der Waals surface area contributed by atoms with Crippen LogP contribution >= 0.6 is 0 Å². The van der Waals surface area contributed by atoms with Crippen LogP contribution < -0.4 is 4.90 Å². The molecule has 1 aromatic rings. The Bertz CT molecular complexity index is 512. The molecule has 0 heterocycles. The Morgan fingerprint density at radius 2 is 1.79 bits per heavy atom. The lowest BCUT2D eigenvalue weighted by Crippen LogP contribution is -2.34. The number of rotatable bonds is 6. The van der Waals surface area contributed by atoms with Gasteiger partial charge in [0.15, 0.2) is 0 Å². The van der Waals surface area contributed by atoms with Crippen molar-refractivity contribution in [3.63, 3.8) is 0 Å². The molecule has 0 amide bonds. The Labute approximate surface area is 108 Å². The molecule has 0 bridgehead atoms. The van der Waals surface area contributed by atoms with Gasteiger partial charge in [-0.1, -0.05) is 0 Å². The van der Waals surface area contributed by atoms with Crippen molar-refractivity contribution >= 4 is 23.3 Å². The minimum absolute atomic E-state index is 0.102. The van der Waals surface area contributed by atoms with Crippen molar-refractivity contribution in [3.8, 4) is 0 Å². The fourth-order valence-corrected chi connectivity index (χ4v) is 1.61. The number of nitrogens with zero attached hydrogens (tertiary/aromatic N) is 2. The molecule has 1 rings (SSSR count). The van der Waals surface area contributed by atoms with Gasteiger partial charge in [0.05, 0.1) is 4.92 Å². The van der Waals surface area contributed by atoms with Crippen molar-refractivity contribution in [3.05, 3.63) is 33.9 Å². The van der Waals surface area contributed by atoms with Crippen LogP contribution in [0.2, 0.25) is 0 Å². The number of hydrogen-bond donors (Lipinski definition) is 2. The van der Waals surface area contributed by atoms with Gasteiger partial charge >= 0.3 is 11.9 Å². The first-order valence-corrected chi connectivity index (χ1v) is 5.25. The molecule has 0 fully saturated rings. The zero-order chi connectivity index (χ0) is 14.6. The summed E-state index contributed by atoms with van der Waals surface area (Å²) < 4.78 is 0. The molecule has 1 aromatic carbocycles. The van der Waals surface area contributed by atoms with Gasteiger partial charge < -0.3 is 15.1 Å². The predicted octanol–water partition coefficient (Wildman–Crippen LogP) is 0.879. The largest absolute Gasteiger partial charge is 0.480 e. The van der Waals surface area contributed by atoms with Gasteiger partial charge in [-0.05, 0) is 19.1 Å². The van der Waals surface area contributed by atoms with Crippen LogP contribution in [0.3, 0.4) is 0 Å². The van der Waals surface area contributed by atoms with Crippen LogP contribution in [0.1, 0.15) is 5.56 Å². The second-order valence-corrected chi connectivity index (χ2v) is 3.87. The van der Waals surface area contributed by atoms with E-state index in [2.05, 4.69) is 0 Å². The van der Waals surface area contributed by atoms with E-state index in [1.54, 1.807) is 0 Å². The van der Waals surface area contributed by atoms with Crippen molar-refractivity contribution in [1.82, 2.24) is 0 Å². The molecular formula is C11H12N2O6. The number of aliphatic carboxylic acids is 2. The van der Waals surface area contributed by atoms with E-state index in [0.717, 1.165) is 4.90 Å². The molecule has 8 heteroatoms. The highest BCUT2D eigenvalue weighted by Gasteiger charge is 2.17. The number of nitro benzene ring substituents is 1. The molecule has 0 aliphatic heterocycles. The molecule has 0 aliphatic carbocycles. The van der Waals surface area contributed by atoms with Gasteiger partial charge in [-0.2, -0.15) is 0 Å². The van der Waals surface area contributed by atoms with Gasteiger partial charge in [0.25, 0.3) is 5.69 Å². The van der Waals surface area contributed by atoms with E-state index < -0.39 is 30.0 Å². The Kier molecular flexibility index (Phi) is 4.41. The standard InChI is InChI=1S/C11H12N2O6/c1-7-4-8(2-3-9(7)13(18)19)12(5-10(14)15)6-11(16)17/h2-4H,5-6H2,1H3,(H,14,15)(H,16,17). The zero-order valence-corrected chi connectivity index (χ0v) is 10.1. The summed E-state index contributed by atoms with van der Waals surface area (Å²) in [5.41, 5.74) is 0.547. The SMILES string of the molecule is Cc1cc(N(CC(=O)O)CC(=O)O)ccc1[N+](=O)[O-]. The van der Waals surface area contributed by atoms with Crippen LogP contribution in [0.5, 0.6) is 0 Å². The van der Waals surface area contributed by atoms with E-state index in [1.807, 2.05) is 0 Å². The quantitative estimate of drug-likeness (QED) is 0.580. The van der Waals surface area contributed by atoms with Crippen molar-refractivity contribution in [2.24, 2.45) is 0 Å². The Morgan fingerprint density at radius 1 is 1.26 bits per heavy atom. The van der Waals surface area contributed by atoms with E-state index in [9.17, 15) is 19.7 Å². The molecule has 0 saturated heterocycles. The molecule has 0 aromatic heterocycles. The predicted molar refractivity (Wildman–Crippen MR) is 65.3 cm³/mol. The maximum absolute atomic E-state index is 10.7. The van der Waals surface area contributed by atoms with E-state index in [1.165, 1.54) is 25.1 Å². The minimum atomic E-state index is -1.18. The molecule has 0 atom stereocenters. The highest BCUT2D eigenvalue weighted by molar-refractivity contribution is 5.79. The number of anilines is 1. The average molecular weight is 268 g/mol. The van der Waals surface area contributed by atoms with Crippen molar-refractivity contribution in [2.45, 2.75) is 6.92 Å². The second kappa shape index (κ2) is 5.80. The zero-order valence-electron chi connectivity index (χ0n) is 10.1. The lowest BCUT2D eigenvalue weighted by Gasteiger charge is -2.20. The van der Waals surface area contributed by atoms with E-state index in [0.29, 0.717) is 11.3 Å². The van der Waals surface area contributed by atoms with Crippen molar-refractivity contribution in [1.29, 1.82) is 0 Å². The molecule has 8 nitrogen and oxygen atoms in total. The Hall–Kier alpha value is -2.64. The van der Waals surface area contributed by atoms with Crippen LogP contribution in [0, 0.1) is 17.0 Å². The molecular weight excluding hydrogens is 256 g/mol. The van der Waals surface area contributed by atoms with Crippen molar-refractivity contribution < 1.29 is 24.7 Å². The summed E-state index contributed by atoms with van der Waals surface area (Å²) in [6.45, 7) is 0.508. The number of nitro groups is 1. The highest BCUT2D eigenvalue weighted by Crippen LogP contribution is 2.24. The van der Waals surface area contributed by atoms with E-state index in [-0.39, 0.29) is 5.69 Å². The molecule has 0 aliphatic rings. The van der Waals surface area contributed by atoms with E-state index in [4.69, 9.17) is 10.2 Å². The molecule has 19 heavy (non-hydrogen) atoms. The smallest absolute Gasteiger partial charge is 0.323 e. The first-order valence-electron chi connectivity index (χ1n) is 5.25. The number of carboxylic acid groups (broad SMARTS) is 2. The fraction of sp³-hybridized carbons (Fsp3) is 0.273. The number of carboxylic acids is 2. The number of hydrogen-bond acceptors (Lipinski definition) is 5. The summed E-state index contributed by atoms with van der Waals surface area (Å²) >= 11 is 0. The van der Waals surface area contributed by atoms with Gasteiger partial charge in [0.2, 0.25) is 0 Å². The van der Waals surface area contributed by atoms with Gasteiger partial charge in [0.1, 0.15) is 13.1 Å². The molecule has 0 unspecified atom stereocenters.